The van der Waals surface area contributed by atoms with Crippen molar-refractivity contribution in [3.63, 3.8) is 0 Å². The summed E-state index contributed by atoms with van der Waals surface area (Å²) in [6.45, 7) is 3.34. The number of amides is 1. The zero-order chi connectivity index (χ0) is 14.2. The third-order valence-corrected chi connectivity index (χ3v) is 3.69. The van der Waals surface area contributed by atoms with Crippen LogP contribution in [0.25, 0.3) is 0 Å². The summed E-state index contributed by atoms with van der Waals surface area (Å²) in [6.07, 6.45) is 4.57. The Hall–Kier alpha value is -1.55. The summed E-state index contributed by atoms with van der Waals surface area (Å²) in [7, 11) is 1.67. The largest absolute Gasteiger partial charge is 0.497 e. The Bertz CT molecular complexity index is 428. The molecule has 0 spiro atoms. The van der Waals surface area contributed by atoms with Gasteiger partial charge in [-0.15, -0.1) is 0 Å². The number of piperidine rings is 1. The molecule has 0 bridgehead atoms. The second-order valence-electron chi connectivity index (χ2n) is 5.29. The van der Waals surface area contributed by atoms with Crippen LogP contribution < -0.4 is 10.1 Å². The first-order valence-electron chi connectivity index (χ1n) is 7.40. The highest BCUT2D eigenvalue weighted by molar-refractivity contribution is 5.78. The van der Waals surface area contributed by atoms with E-state index in [2.05, 4.69) is 16.3 Å². The number of nitrogens with zero attached hydrogens (tertiary/aromatic N) is 1. The fourth-order valence-electron chi connectivity index (χ4n) is 2.55. The van der Waals surface area contributed by atoms with Crippen LogP contribution in [-0.4, -0.2) is 44.1 Å². The van der Waals surface area contributed by atoms with Gasteiger partial charge in [-0.3, -0.25) is 9.69 Å². The maximum absolute atomic E-state index is 11.8. The van der Waals surface area contributed by atoms with Gasteiger partial charge in [0.15, 0.2) is 0 Å². The van der Waals surface area contributed by atoms with Crippen molar-refractivity contribution in [2.75, 3.05) is 33.3 Å². The third kappa shape index (κ3) is 4.85. The van der Waals surface area contributed by atoms with Crippen LogP contribution in [0.1, 0.15) is 24.8 Å². The highest BCUT2D eigenvalue weighted by Crippen LogP contribution is 2.12. The summed E-state index contributed by atoms with van der Waals surface area (Å²) in [5.41, 5.74) is 1.18. The number of likely N-dealkylation sites (tertiary alicyclic amines) is 1. The number of rotatable bonds is 6. The summed E-state index contributed by atoms with van der Waals surface area (Å²) in [4.78, 5) is 14.1. The van der Waals surface area contributed by atoms with Crippen LogP contribution in [0.3, 0.4) is 0 Å². The molecule has 0 aliphatic carbocycles. The molecule has 1 aliphatic rings. The van der Waals surface area contributed by atoms with E-state index in [1.807, 2.05) is 18.2 Å². The van der Waals surface area contributed by atoms with E-state index in [9.17, 15) is 4.79 Å². The standard InChI is InChI=1S/C16H24N2O2/c1-20-15-7-5-6-14(12-15)8-9-17-16(19)13-18-10-3-2-4-11-18/h5-7,12H,2-4,8-11,13H2,1H3,(H,17,19). The van der Waals surface area contributed by atoms with Crippen LogP contribution in [0, 0.1) is 0 Å². The van der Waals surface area contributed by atoms with Crippen molar-refractivity contribution in [2.45, 2.75) is 25.7 Å². The summed E-state index contributed by atoms with van der Waals surface area (Å²) < 4.78 is 5.19. The summed E-state index contributed by atoms with van der Waals surface area (Å²) in [5, 5.41) is 2.99. The zero-order valence-electron chi connectivity index (χ0n) is 12.2. The first-order chi connectivity index (χ1) is 9.78. The smallest absolute Gasteiger partial charge is 0.234 e. The zero-order valence-corrected chi connectivity index (χ0v) is 12.2. The Kier molecular flexibility index (Phi) is 5.87. The molecular formula is C16H24N2O2. The molecule has 0 aromatic heterocycles. The van der Waals surface area contributed by atoms with Gasteiger partial charge in [0.1, 0.15) is 5.75 Å². The molecule has 1 aromatic carbocycles. The summed E-state index contributed by atoms with van der Waals surface area (Å²) >= 11 is 0. The number of benzene rings is 1. The minimum absolute atomic E-state index is 0.134. The molecule has 2 rings (SSSR count). The average molecular weight is 276 g/mol. The van der Waals surface area contributed by atoms with E-state index in [1.165, 1.54) is 24.8 Å². The van der Waals surface area contributed by atoms with Crippen LogP contribution in [0.15, 0.2) is 24.3 Å². The molecule has 0 saturated carbocycles. The van der Waals surface area contributed by atoms with Gasteiger partial charge in [-0.25, -0.2) is 0 Å². The van der Waals surface area contributed by atoms with Gasteiger partial charge in [0, 0.05) is 6.54 Å². The average Bonchev–Trinajstić information content (AvgIpc) is 2.48. The fraction of sp³-hybridized carbons (Fsp3) is 0.562. The molecule has 0 unspecified atom stereocenters. The topological polar surface area (TPSA) is 41.6 Å². The lowest BCUT2D eigenvalue weighted by Crippen LogP contribution is -2.40. The molecule has 0 atom stereocenters. The van der Waals surface area contributed by atoms with Crippen molar-refractivity contribution in [1.29, 1.82) is 0 Å². The highest BCUT2D eigenvalue weighted by atomic mass is 16.5. The quantitative estimate of drug-likeness (QED) is 0.862. The Morgan fingerprint density at radius 1 is 1.30 bits per heavy atom. The Labute approximate surface area is 121 Å². The van der Waals surface area contributed by atoms with Crippen LogP contribution >= 0.6 is 0 Å². The van der Waals surface area contributed by atoms with Gasteiger partial charge in [0.2, 0.25) is 5.91 Å². The lowest BCUT2D eigenvalue weighted by atomic mass is 10.1. The third-order valence-electron chi connectivity index (χ3n) is 3.69. The number of ether oxygens (including phenoxy) is 1. The van der Waals surface area contributed by atoms with Crippen molar-refractivity contribution in [2.24, 2.45) is 0 Å². The SMILES string of the molecule is COc1cccc(CCNC(=O)CN2CCCCC2)c1. The molecule has 1 aliphatic heterocycles. The molecule has 0 radical (unpaired) electrons. The van der Waals surface area contributed by atoms with Crippen molar-refractivity contribution < 1.29 is 9.53 Å². The van der Waals surface area contributed by atoms with Crippen LogP contribution in [0.4, 0.5) is 0 Å². The number of carbonyl (C=O) groups is 1. The fourth-order valence-corrected chi connectivity index (χ4v) is 2.55. The molecular weight excluding hydrogens is 252 g/mol. The lowest BCUT2D eigenvalue weighted by molar-refractivity contribution is -0.122. The predicted molar refractivity (Wildman–Crippen MR) is 80.0 cm³/mol. The first kappa shape index (κ1) is 14.9. The Morgan fingerprint density at radius 2 is 2.10 bits per heavy atom. The molecule has 1 N–H and O–H groups in total. The van der Waals surface area contributed by atoms with Gasteiger partial charge >= 0.3 is 0 Å². The molecule has 1 heterocycles. The molecule has 1 amide bonds. The van der Waals surface area contributed by atoms with Crippen molar-refractivity contribution in [3.05, 3.63) is 29.8 Å². The minimum Gasteiger partial charge on any atom is -0.497 e. The second kappa shape index (κ2) is 7.90. The minimum atomic E-state index is 0.134. The van der Waals surface area contributed by atoms with Gasteiger partial charge in [0.05, 0.1) is 13.7 Å². The predicted octanol–water partition coefficient (Wildman–Crippen LogP) is 1.84. The normalized spacial score (nSPS) is 15.8. The summed E-state index contributed by atoms with van der Waals surface area (Å²) in [6, 6.07) is 7.97. The molecule has 4 heteroatoms. The van der Waals surface area contributed by atoms with E-state index in [4.69, 9.17) is 4.74 Å². The van der Waals surface area contributed by atoms with E-state index in [-0.39, 0.29) is 5.91 Å². The van der Waals surface area contributed by atoms with Crippen LogP contribution in [0.2, 0.25) is 0 Å². The van der Waals surface area contributed by atoms with Gasteiger partial charge < -0.3 is 10.1 Å². The van der Waals surface area contributed by atoms with Crippen molar-refractivity contribution in [1.82, 2.24) is 10.2 Å². The molecule has 20 heavy (non-hydrogen) atoms. The van der Waals surface area contributed by atoms with Crippen molar-refractivity contribution in [3.8, 4) is 5.75 Å². The number of methoxy groups -OCH3 is 1. The molecule has 1 fully saturated rings. The number of hydrogen-bond acceptors (Lipinski definition) is 3. The van der Waals surface area contributed by atoms with Crippen molar-refractivity contribution >= 4 is 5.91 Å². The number of nitrogens with one attached hydrogen (secondary N) is 1. The number of hydrogen-bond donors (Lipinski definition) is 1. The van der Waals surface area contributed by atoms with Gasteiger partial charge in [-0.1, -0.05) is 18.6 Å². The second-order valence-corrected chi connectivity index (χ2v) is 5.29. The van der Waals surface area contributed by atoms with E-state index < -0.39 is 0 Å². The summed E-state index contributed by atoms with van der Waals surface area (Å²) in [5.74, 6) is 0.997. The van der Waals surface area contributed by atoms with Crippen LogP contribution in [-0.2, 0) is 11.2 Å². The van der Waals surface area contributed by atoms with Crippen LogP contribution in [0.5, 0.6) is 5.75 Å². The number of carbonyl (C=O) groups excluding carboxylic acids is 1. The molecule has 4 nitrogen and oxygen atoms in total. The van der Waals surface area contributed by atoms with E-state index >= 15 is 0 Å². The van der Waals surface area contributed by atoms with E-state index in [1.54, 1.807) is 7.11 Å². The maximum atomic E-state index is 11.8. The molecule has 1 saturated heterocycles. The Morgan fingerprint density at radius 3 is 2.85 bits per heavy atom. The maximum Gasteiger partial charge on any atom is 0.234 e. The van der Waals surface area contributed by atoms with Gasteiger partial charge in [-0.05, 0) is 50.0 Å². The first-order valence-corrected chi connectivity index (χ1v) is 7.40. The monoisotopic (exact) mass is 276 g/mol. The highest BCUT2D eigenvalue weighted by Gasteiger charge is 2.13. The van der Waals surface area contributed by atoms with Gasteiger partial charge in [-0.2, -0.15) is 0 Å². The van der Waals surface area contributed by atoms with E-state index in [0.29, 0.717) is 13.1 Å². The lowest BCUT2D eigenvalue weighted by Gasteiger charge is -2.25. The molecule has 110 valence electrons. The molecule has 1 aromatic rings. The Balaban J connectivity index is 1.67. The van der Waals surface area contributed by atoms with E-state index in [0.717, 1.165) is 25.3 Å². The van der Waals surface area contributed by atoms with Gasteiger partial charge in [0.25, 0.3) is 0 Å².